The molecular formula is C23H17N5O5. The van der Waals surface area contributed by atoms with Crippen molar-refractivity contribution in [2.75, 3.05) is 5.32 Å². The number of hydrogen-bond donors (Lipinski definition) is 2. The summed E-state index contributed by atoms with van der Waals surface area (Å²) in [4.78, 5) is 20.8. The summed E-state index contributed by atoms with van der Waals surface area (Å²) in [7, 11) is 0. The maximum Gasteiger partial charge on any atom is 0.303 e. The molecule has 0 amide bonds. The Kier molecular flexibility index (Phi) is 5.64. The number of non-ortho nitro benzene ring substituents is 1. The first-order valence-corrected chi connectivity index (χ1v) is 9.76. The van der Waals surface area contributed by atoms with Crippen molar-refractivity contribution in [1.82, 2.24) is 0 Å². The van der Waals surface area contributed by atoms with E-state index in [1.165, 1.54) is 6.07 Å². The number of azo groups is 1. The van der Waals surface area contributed by atoms with E-state index >= 15 is 0 Å². The molecule has 0 aliphatic heterocycles. The highest BCUT2D eigenvalue weighted by Crippen LogP contribution is 2.42. The van der Waals surface area contributed by atoms with Gasteiger partial charge in [0.25, 0.3) is 5.69 Å². The van der Waals surface area contributed by atoms with Crippen molar-refractivity contribution in [2.24, 2.45) is 10.2 Å². The number of nitrogens with one attached hydrogen (secondary N) is 1. The Morgan fingerprint density at radius 1 is 0.848 bits per heavy atom. The smallest absolute Gasteiger partial charge is 0.303 e. The fourth-order valence-electron chi connectivity index (χ4n) is 3.31. The van der Waals surface area contributed by atoms with Crippen molar-refractivity contribution in [1.29, 1.82) is 0 Å². The molecule has 164 valence electrons. The molecule has 33 heavy (non-hydrogen) atoms. The van der Waals surface area contributed by atoms with Crippen molar-refractivity contribution in [3.8, 4) is 5.75 Å². The summed E-state index contributed by atoms with van der Waals surface area (Å²) < 4.78 is 0. The van der Waals surface area contributed by atoms with E-state index in [9.17, 15) is 25.3 Å². The van der Waals surface area contributed by atoms with Gasteiger partial charge in [0, 0.05) is 28.6 Å². The zero-order valence-electron chi connectivity index (χ0n) is 17.3. The zero-order valence-corrected chi connectivity index (χ0v) is 17.3. The highest BCUT2D eigenvalue weighted by molar-refractivity contribution is 6.04. The molecule has 2 N–H and O–H groups in total. The van der Waals surface area contributed by atoms with Crippen molar-refractivity contribution in [3.63, 3.8) is 0 Å². The molecule has 10 nitrogen and oxygen atoms in total. The highest BCUT2D eigenvalue weighted by Gasteiger charge is 2.20. The Balaban J connectivity index is 1.77. The first kappa shape index (κ1) is 21.4. The molecule has 4 aromatic carbocycles. The molecule has 0 saturated heterocycles. The van der Waals surface area contributed by atoms with Crippen LogP contribution in [0.5, 0.6) is 5.75 Å². The maximum atomic E-state index is 11.4. The lowest BCUT2D eigenvalue weighted by molar-refractivity contribution is -0.393. The summed E-state index contributed by atoms with van der Waals surface area (Å²) in [6.07, 6.45) is 0. The highest BCUT2D eigenvalue weighted by atomic mass is 16.6. The summed E-state index contributed by atoms with van der Waals surface area (Å²) in [6, 6.07) is 19.5. The van der Waals surface area contributed by atoms with E-state index in [1.807, 2.05) is 43.3 Å². The number of phenols is 1. The average molecular weight is 443 g/mol. The second-order valence-corrected chi connectivity index (χ2v) is 7.22. The van der Waals surface area contributed by atoms with Crippen LogP contribution < -0.4 is 5.32 Å². The predicted octanol–water partition coefficient (Wildman–Crippen LogP) is 6.83. The van der Waals surface area contributed by atoms with Gasteiger partial charge in [-0.15, -0.1) is 10.2 Å². The Morgan fingerprint density at radius 2 is 1.55 bits per heavy atom. The van der Waals surface area contributed by atoms with Crippen molar-refractivity contribution in [3.05, 3.63) is 98.6 Å². The average Bonchev–Trinajstić information content (AvgIpc) is 2.80. The molecule has 0 heterocycles. The summed E-state index contributed by atoms with van der Waals surface area (Å²) in [5.41, 5.74) is 1.55. The zero-order chi connectivity index (χ0) is 23.5. The van der Waals surface area contributed by atoms with Crippen LogP contribution in [0.3, 0.4) is 0 Å². The number of nitro groups is 2. The largest absolute Gasteiger partial charge is 0.506 e. The van der Waals surface area contributed by atoms with Crippen LogP contribution in [0.4, 0.5) is 34.1 Å². The molecule has 0 bridgehead atoms. The van der Waals surface area contributed by atoms with Crippen molar-refractivity contribution >= 4 is 44.9 Å². The Hall–Kier alpha value is -4.86. The number of fused-ring (bicyclic) bond motifs is 1. The summed E-state index contributed by atoms with van der Waals surface area (Å²) in [5, 5.41) is 45.5. The van der Waals surface area contributed by atoms with Gasteiger partial charge in [0.1, 0.15) is 11.4 Å². The van der Waals surface area contributed by atoms with Gasteiger partial charge in [-0.3, -0.25) is 20.2 Å². The molecule has 0 atom stereocenters. The third-order valence-corrected chi connectivity index (χ3v) is 4.95. The van der Waals surface area contributed by atoms with E-state index in [-0.39, 0.29) is 17.1 Å². The summed E-state index contributed by atoms with van der Waals surface area (Å²) >= 11 is 0. The first-order chi connectivity index (χ1) is 15.8. The fraction of sp³-hybridized carbons (Fsp3) is 0.0435. The predicted molar refractivity (Wildman–Crippen MR) is 124 cm³/mol. The molecule has 4 rings (SSSR count). The van der Waals surface area contributed by atoms with Gasteiger partial charge in [0.2, 0.25) is 0 Å². The monoisotopic (exact) mass is 443 g/mol. The summed E-state index contributed by atoms with van der Waals surface area (Å²) in [5.74, 6) is -0.184. The van der Waals surface area contributed by atoms with Crippen LogP contribution in [-0.2, 0) is 0 Å². The van der Waals surface area contributed by atoms with Gasteiger partial charge in [0.15, 0.2) is 5.69 Å². The van der Waals surface area contributed by atoms with Gasteiger partial charge in [-0.1, -0.05) is 42.0 Å². The van der Waals surface area contributed by atoms with Gasteiger partial charge in [-0.2, -0.15) is 0 Å². The number of hydrogen-bond acceptors (Lipinski definition) is 8. The molecule has 0 spiro atoms. The van der Waals surface area contributed by atoms with Crippen LogP contribution >= 0.6 is 0 Å². The van der Waals surface area contributed by atoms with Crippen LogP contribution in [-0.4, -0.2) is 15.0 Å². The van der Waals surface area contributed by atoms with Crippen LogP contribution in [0.2, 0.25) is 0 Å². The lowest BCUT2D eigenvalue weighted by Gasteiger charge is -2.13. The minimum absolute atomic E-state index is 0.118. The molecule has 0 saturated carbocycles. The van der Waals surface area contributed by atoms with Crippen LogP contribution in [0.15, 0.2) is 83.0 Å². The minimum Gasteiger partial charge on any atom is -0.506 e. The number of aromatic hydroxyl groups is 1. The normalized spacial score (nSPS) is 11.1. The second-order valence-electron chi connectivity index (χ2n) is 7.22. The van der Waals surface area contributed by atoms with Crippen LogP contribution in [0.25, 0.3) is 10.8 Å². The minimum atomic E-state index is -0.770. The van der Waals surface area contributed by atoms with Gasteiger partial charge in [-0.25, -0.2) is 0 Å². The van der Waals surface area contributed by atoms with E-state index < -0.39 is 21.2 Å². The topological polar surface area (TPSA) is 143 Å². The molecular weight excluding hydrogens is 426 g/mol. The number of rotatable bonds is 6. The first-order valence-electron chi connectivity index (χ1n) is 9.76. The van der Waals surface area contributed by atoms with Gasteiger partial charge in [-0.05, 0) is 25.1 Å². The number of phenolic OH excluding ortho intramolecular Hbond substituents is 1. The molecule has 10 heteroatoms. The van der Waals surface area contributed by atoms with Gasteiger partial charge in [0.05, 0.1) is 21.6 Å². The lowest BCUT2D eigenvalue weighted by atomic mass is 10.1. The van der Waals surface area contributed by atoms with E-state index in [0.717, 1.165) is 34.8 Å². The molecule has 0 aliphatic carbocycles. The van der Waals surface area contributed by atoms with Crippen LogP contribution in [0, 0.1) is 27.2 Å². The van der Waals surface area contributed by atoms with E-state index in [1.54, 1.807) is 12.1 Å². The number of nitro benzene ring substituents is 2. The number of nitrogens with zero attached hydrogens (tertiary/aromatic N) is 4. The Morgan fingerprint density at radius 3 is 2.21 bits per heavy atom. The second kappa shape index (κ2) is 8.71. The van der Waals surface area contributed by atoms with Crippen LogP contribution in [0.1, 0.15) is 5.56 Å². The van der Waals surface area contributed by atoms with Crippen molar-refractivity contribution < 1.29 is 15.0 Å². The number of aryl methyl sites for hydroxylation is 1. The van der Waals surface area contributed by atoms with Crippen molar-refractivity contribution in [2.45, 2.75) is 6.92 Å². The molecule has 4 aromatic rings. The molecule has 0 fully saturated rings. The quantitative estimate of drug-likeness (QED) is 0.190. The SMILES string of the molecule is Cc1ccc(Nc2cc(O)c(N=Nc3ccc([N+](=O)[O-])cc3[N+](=O)[O-])c3ccccc23)cc1. The fourth-order valence-corrected chi connectivity index (χ4v) is 3.31. The van der Waals surface area contributed by atoms with E-state index in [4.69, 9.17) is 0 Å². The number of benzene rings is 4. The Bertz CT molecular complexity index is 1420. The van der Waals surface area contributed by atoms with E-state index in [2.05, 4.69) is 15.5 Å². The summed E-state index contributed by atoms with van der Waals surface area (Å²) in [6.45, 7) is 1.99. The molecule has 0 radical (unpaired) electrons. The number of anilines is 2. The maximum absolute atomic E-state index is 11.4. The molecule has 0 aliphatic rings. The molecule has 0 unspecified atom stereocenters. The van der Waals surface area contributed by atoms with E-state index in [0.29, 0.717) is 11.1 Å². The third kappa shape index (κ3) is 4.44. The van der Waals surface area contributed by atoms with Gasteiger partial charge >= 0.3 is 5.69 Å². The third-order valence-electron chi connectivity index (χ3n) is 4.95. The Labute approximate surface area is 187 Å². The lowest BCUT2D eigenvalue weighted by Crippen LogP contribution is -1.93. The molecule has 0 aromatic heterocycles. The van der Waals surface area contributed by atoms with Gasteiger partial charge < -0.3 is 10.4 Å². The standard InChI is InChI=1S/C23H17N5O5/c1-14-6-8-15(9-7-14)24-20-13-22(29)23(18-5-3-2-4-17(18)20)26-25-19-11-10-16(27(30)31)12-21(19)28(32)33/h2-13,24,29H,1H3.